The van der Waals surface area contributed by atoms with Crippen LogP contribution in [0.25, 0.3) is 11.1 Å². The van der Waals surface area contributed by atoms with Gasteiger partial charge in [-0.25, -0.2) is 9.59 Å². The molecule has 1 aliphatic heterocycles. The molecule has 1 saturated heterocycles. The van der Waals surface area contributed by atoms with E-state index in [2.05, 4.69) is 17.4 Å². The number of nitrogens with zero attached hydrogens (tertiary/aromatic N) is 1. The monoisotopic (exact) mass is 464 g/mol. The fourth-order valence-electron chi connectivity index (χ4n) is 5.11. The fourth-order valence-corrected chi connectivity index (χ4v) is 5.11. The molecule has 3 atom stereocenters. The third-order valence-corrected chi connectivity index (χ3v) is 6.94. The number of likely N-dealkylation sites (tertiary alicyclic amines) is 1. The standard InChI is InChI=1S/C27H32N2O5/c1-16(2)24(25(30)29-14-17(3)12-13-23(29)26(31)32)28-27(33)34-15-22-20-10-6-4-8-18(20)19-9-5-7-11-21(19)22/h4-11,16-17,22-24H,12-15H2,1-3H3,(H,28,33)(H,31,32). The molecule has 7 nitrogen and oxygen atoms in total. The van der Waals surface area contributed by atoms with E-state index in [0.29, 0.717) is 13.0 Å². The van der Waals surface area contributed by atoms with Gasteiger partial charge in [-0.05, 0) is 46.9 Å². The van der Waals surface area contributed by atoms with Gasteiger partial charge in [-0.15, -0.1) is 0 Å². The summed E-state index contributed by atoms with van der Waals surface area (Å²) in [7, 11) is 0. The molecule has 0 spiro atoms. The van der Waals surface area contributed by atoms with Crippen LogP contribution in [0.2, 0.25) is 0 Å². The van der Waals surface area contributed by atoms with E-state index in [1.54, 1.807) is 0 Å². The maximum Gasteiger partial charge on any atom is 0.407 e. The summed E-state index contributed by atoms with van der Waals surface area (Å²) < 4.78 is 5.62. The van der Waals surface area contributed by atoms with E-state index in [9.17, 15) is 19.5 Å². The Morgan fingerprint density at radius 1 is 1.03 bits per heavy atom. The zero-order valence-corrected chi connectivity index (χ0v) is 19.9. The van der Waals surface area contributed by atoms with Gasteiger partial charge in [0.1, 0.15) is 18.7 Å². The lowest BCUT2D eigenvalue weighted by Crippen LogP contribution is -2.58. The largest absolute Gasteiger partial charge is 0.480 e. The van der Waals surface area contributed by atoms with Crippen molar-refractivity contribution >= 4 is 18.0 Å². The SMILES string of the molecule is CC1CCC(C(=O)O)N(C(=O)C(NC(=O)OCC2c3ccccc3-c3ccccc32)C(C)C)C1. The maximum atomic E-state index is 13.3. The number of aliphatic carboxylic acids is 1. The molecule has 2 N–H and O–H groups in total. The lowest BCUT2D eigenvalue weighted by molar-refractivity contribution is -0.154. The Labute approximate surface area is 200 Å². The minimum absolute atomic E-state index is 0.0781. The van der Waals surface area contributed by atoms with Crippen LogP contribution in [0.4, 0.5) is 4.79 Å². The molecule has 2 aliphatic rings. The van der Waals surface area contributed by atoms with Crippen LogP contribution in [0, 0.1) is 11.8 Å². The zero-order chi connectivity index (χ0) is 24.4. The molecule has 7 heteroatoms. The van der Waals surface area contributed by atoms with Gasteiger partial charge in [-0.2, -0.15) is 0 Å². The zero-order valence-electron chi connectivity index (χ0n) is 19.9. The Kier molecular flexibility index (Phi) is 6.91. The highest BCUT2D eigenvalue weighted by Gasteiger charge is 2.39. The van der Waals surface area contributed by atoms with E-state index in [-0.39, 0.29) is 30.3 Å². The molecule has 4 rings (SSSR count). The van der Waals surface area contributed by atoms with Crippen molar-refractivity contribution in [3.05, 3.63) is 59.7 Å². The van der Waals surface area contributed by atoms with Crippen LogP contribution in [-0.2, 0) is 14.3 Å². The average Bonchev–Trinajstić information content (AvgIpc) is 3.14. The molecule has 180 valence electrons. The highest BCUT2D eigenvalue weighted by molar-refractivity contribution is 5.89. The quantitative estimate of drug-likeness (QED) is 0.666. The summed E-state index contributed by atoms with van der Waals surface area (Å²) in [5.74, 6) is -1.47. The van der Waals surface area contributed by atoms with Gasteiger partial charge in [0, 0.05) is 12.5 Å². The van der Waals surface area contributed by atoms with Crippen molar-refractivity contribution in [2.24, 2.45) is 11.8 Å². The Morgan fingerprint density at radius 2 is 1.62 bits per heavy atom. The third-order valence-electron chi connectivity index (χ3n) is 6.94. The second kappa shape index (κ2) is 9.87. The van der Waals surface area contributed by atoms with Crippen molar-refractivity contribution in [2.75, 3.05) is 13.2 Å². The first-order valence-electron chi connectivity index (χ1n) is 11.9. The van der Waals surface area contributed by atoms with Gasteiger partial charge < -0.3 is 20.1 Å². The first-order chi connectivity index (χ1) is 16.3. The number of rotatable bonds is 6. The van der Waals surface area contributed by atoms with Gasteiger partial charge in [0.05, 0.1) is 0 Å². The number of alkyl carbamates (subject to hydrolysis) is 1. The predicted octanol–water partition coefficient (Wildman–Crippen LogP) is 4.26. The molecule has 3 unspecified atom stereocenters. The predicted molar refractivity (Wildman–Crippen MR) is 128 cm³/mol. The number of carboxylic acid groups (broad SMARTS) is 1. The van der Waals surface area contributed by atoms with Crippen molar-refractivity contribution in [3.8, 4) is 11.1 Å². The minimum Gasteiger partial charge on any atom is -0.480 e. The molecule has 2 aromatic carbocycles. The van der Waals surface area contributed by atoms with E-state index in [4.69, 9.17) is 4.74 Å². The molecule has 0 saturated carbocycles. The number of piperidine rings is 1. The van der Waals surface area contributed by atoms with Crippen LogP contribution in [0.5, 0.6) is 0 Å². The van der Waals surface area contributed by atoms with E-state index in [1.807, 2.05) is 57.2 Å². The van der Waals surface area contributed by atoms with Gasteiger partial charge >= 0.3 is 12.1 Å². The second-order valence-corrected chi connectivity index (χ2v) is 9.72. The number of fused-ring (bicyclic) bond motifs is 3. The van der Waals surface area contributed by atoms with E-state index >= 15 is 0 Å². The molecule has 1 fully saturated rings. The fraction of sp³-hybridized carbons (Fsp3) is 0.444. The Morgan fingerprint density at radius 3 is 2.18 bits per heavy atom. The van der Waals surface area contributed by atoms with Crippen LogP contribution in [0.1, 0.15) is 50.7 Å². The van der Waals surface area contributed by atoms with Crippen molar-refractivity contribution in [1.82, 2.24) is 10.2 Å². The number of carboxylic acids is 1. The molecule has 0 bridgehead atoms. The van der Waals surface area contributed by atoms with Crippen molar-refractivity contribution in [2.45, 2.75) is 51.6 Å². The van der Waals surface area contributed by atoms with Gasteiger partial charge in [0.2, 0.25) is 5.91 Å². The number of hydrogen-bond donors (Lipinski definition) is 2. The molecule has 34 heavy (non-hydrogen) atoms. The summed E-state index contributed by atoms with van der Waals surface area (Å²) in [5, 5.41) is 12.3. The number of carbonyl (C=O) groups is 3. The van der Waals surface area contributed by atoms with Crippen LogP contribution in [0.15, 0.2) is 48.5 Å². The Bertz CT molecular complexity index is 1040. The van der Waals surface area contributed by atoms with Crippen LogP contribution < -0.4 is 5.32 Å². The van der Waals surface area contributed by atoms with E-state index in [0.717, 1.165) is 28.7 Å². The number of benzene rings is 2. The third kappa shape index (κ3) is 4.65. The molecule has 0 aromatic heterocycles. The molecular formula is C27H32N2O5. The molecule has 1 heterocycles. The van der Waals surface area contributed by atoms with Crippen LogP contribution in [-0.4, -0.2) is 53.2 Å². The molecule has 1 aliphatic carbocycles. The smallest absolute Gasteiger partial charge is 0.407 e. The summed E-state index contributed by atoms with van der Waals surface area (Å²) in [6, 6.07) is 14.5. The summed E-state index contributed by atoms with van der Waals surface area (Å²) in [6.07, 6.45) is 0.496. The normalized spacial score (nSPS) is 20.4. The summed E-state index contributed by atoms with van der Waals surface area (Å²) >= 11 is 0. The number of nitrogens with one attached hydrogen (secondary N) is 1. The number of carbonyl (C=O) groups excluding carboxylic acids is 2. The molecule has 2 aromatic rings. The molecule has 0 radical (unpaired) electrons. The van der Waals surface area contributed by atoms with E-state index < -0.39 is 24.1 Å². The minimum atomic E-state index is -1.01. The van der Waals surface area contributed by atoms with Crippen molar-refractivity contribution < 1.29 is 24.2 Å². The Balaban J connectivity index is 1.45. The molecule has 2 amide bonds. The van der Waals surface area contributed by atoms with Crippen LogP contribution in [0.3, 0.4) is 0 Å². The van der Waals surface area contributed by atoms with Crippen molar-refractivity contribution in [3.63, 3.8) is 0 Å². The lowest BCUT2D eigenvalue weighted by atomic mass is 9.92. The summed E-state index contributed by atoms with van der Waals surface area (Å²) in [6.45, 7) is 6.18. The van der Waals surface area contributed by atoms with E-state index in [1.165, 1.54) is 4.90 Å². The number of ether oxygens (including phenoxy) is 1. The molecular weight excluding hydrogens is 432 g/mol. The first-order valence-corrected chi connectivity index (χ1v) is 11.9. The van der Waals surface area contributed by atoms with Gasteiger partial charge in [0.15, 0.2) is 0 Å². The van der Waals surface area contributed by atoms with Crippen molar-refractivity contribution in [1.29, 1.82) is 0 Å². The lowest BCUT2D eigenvalue weighted by Gasteiger charge is -2.39. The first kappa shape index (κ1) is 23.8. The van der Waals surface area contributed by atoms with Gasteiger partial charge in [-0.3, -0.25) is 4.79 Å². The van der Waals surface area contributed by atoms with Crippen LogP contribution >= 0.6 is 0 Å². The number of hydrogen-bond acceptors (Lipinski definition) is 4. The highest BCUT2D eigenvalue weighted by Crippen LogP contribution is 2.44. The average molecular weight is 465 g/mol. The Hall–Kier alpha value is -3.35. The maximum absolute atomic E-state index is 13.3. The summed E-state index contributed by atoms with van der Waals surface area (Å²) in [5.41, 5.74) is 4.50. The second-order valence-electron chi connectivity index (χ2n) is 9.72. The number of amides is 2. The van der Waals surface area contributed by atoms with Gasteiger partial charge in [-0.1, -0.05) is 69.3 Å². The van der Waals surface area contributed by atoms with Gasteiger partial charge in [0.25, 0.3) is 0 Å². The summed E-state index contributed by atoms with van der Waals surface area (Å²) in [4.78, 5) is 39.2. The topological polar surface area (TPSA) is 95.9 Å². The highest BCUT2D eigenvalue weighted by atomic mass is 16.5.